The molecule has 0 saturated heterocycles. The van der Waals surface area contributed by atoms with Crippen molar-refractivity contribution in [2.24, 2.45) is 0 Å². The topological polar surface area (TPSA) is 147 Å². The van der Waals surface area contributed by atoms with Crippen LogP contribution in [0.25, 0.3) is 11.0 Å². The SMILES string of the molecule is CN(C(=O)O)c1nc2ccc(C3(O)c4ccccc4C(=O)N3c3ccccc3F)cc2[nH]1.O=C(O)C(F)(F)F. The molecule has 4 aromatic rings. The van der Waals surface area contributed by atoms with Gasteiger partial charge in [-0.15, -0.1) is 0 Å². The van der Waals surface area contributed by atoms with Crippen molar-refractivity contribution in [3.05, 3.63) is 89.2 Å². The predicted octanol–water partition coefficient (Wildman–Crippen LogP) is 4.30. The highest BCUT2D eigenvalue weighted by molar-refractivity contribution is 6.12. The van der Waals surface area contributed by atoms with E-state index >= 15 is 0 Å². The summed E-state index contributed by atoms with van der Waals surface area (Å²) in [5, 5.41) is 28.3. The quantitative estimate of drug-likeness (QED) is 0.280. The first-order valence-corrected chi connectivity index (χ1v) is 10.9. The summed E-state index contributed by atoms with van der Waals surface area (Å²) in [7, 11) is 1.35. The van der Waals surface area contributed by atoms with E-state index in [-0.39, 0.29) is 17.2 Å². The summed E-state index contributed by atoms with van der Waals surface area (Å²) in [6.07, 6.45) is -6.27. The van der Waals surface area contributed by atoms with Crippen LogP contribution in [0.5, 0.6) is 0 Å². The number of imidazole rings is 1. The van der Waals surface area contributed by atoms with Crippen LogP contribution >= 0.6 is 0 Å². The predicted molar refractivity (Wildman–Crippen MR) is 129 cm³/mol. The molecular weight excluding hydrogens is 528 g/mol. The molecule has 39 heavy (non-hydrogen) atoms. The fourth-order valence-electron chi connectivity index (χ4n) is 4.03. The molecule has 14 heteroatoms. The second-order valence-corrected chi connectivity index (χ2v) is 8.25. The Hall–Kier alpha value is -4.98. The number of carboxylic acids is 1. The van der Waals surface area contributed by atoms with Crippen LogP contribution in [0, 0.1) is 5.82 Å². The minimum atomic E-state index is -5.08. The number of para-hydroxylation sites is 1. The maximum atomic E-state index is 14.7. The first-order chi connectivity index (χ1) is 18.3. The van der Waals surface area contributed by atoms with Gasteiger partial charge < -0.3 is 20.3 Å². The zero-order chi connectivity index (χ0) is 28.7. The largest absolute Gasteiger partial charge is 0.490 e. The molecule has 1 aliphatic heterocycles. The van der Waals surface area contributed by atoms with Crippen LogP contribution in [0.3, 0.4) is 0 Å². The molecule has 10 nitrogen and oxygen atoms in total. The second kappa shape index (κ2) is 9.72. The number of aliphatic hydroxyl groups is 1. The van der Waals surface area contributed by atoms with E-state index in [1.165, 1.54) is 25.2 Å². The summed E-state index contributed by atoms with van der Waals surface area (Å²) in [4.78, 5) is 42.5. The molecule has 5 rings (SSSR count). The van der Waals surface area contributed by atoms with Crippen molar-refractivity contribution in [3.63, 3.8) is 0 Å². The number of alkyl halides is 3. The summed E-state index contributed by atoms with van der Waals surface area (Å²) in [5.41, 5.74) is -0.273. The van der Waals surface area contributed by atoms with Gasteiger partial charge in [-0.2, -0.15) is 13.2 Å². The number of nitrogens with one attached hydrogen (secondary N) is 1. The van der Waals surface area contributed by atoms with E-state index in [1.807, 2.05) is 0 Å². The molecule has 0 radical (unpaired) electrons. The van der Waals surface area contributed by atoms with Crippen molar-refractivity contribution in [2.75, 3.05) is 16.8 Å². The molecule has 202 valence electrons. The number of aromatic nitrogens is 2. The Kier molecular flexibility index (Phi) is 6.74. The molecule has 0 saturated carbocycles. The van der Waals surface area contributed by atoms with Gasteiger partial charge in [0.25, 0.3) is 5.91 Å². The van der Waals surface area contributed by atoms with Crippen molar-refractivity contribution in [3.8, 4) is 0 Å². The van der Waals surface area contributed by atoms with Gasteiger partial charge in [0.2, 0.25) is 5.95 Å². The summed E-state index contributed by atoms with van der Waals surface area (Å²) < 4.78 is 46.5. The number of aliphatic carboxylic acids is 1. The Bertz CT molecular complexity index is 1600. The monoisotopic (exact) mass is 546 g/mol. The second-order valence-electron chi connectivity index (χ2n) is 8.25. The molecule has 1 atom stereocenters. The molecule has 2 amide bonds. The van der Waals surface area contributed by atoms with E-state index in [0.29, 0.717) is 22.2 Å². The van der Waals surface area contributed by atoms with Crippen LogP contribution in [-0.2, 0) is 10.5 Å². The third kappa shape index (κ3) is 4.72. The van der Waals surface area contributed by atoms with Crippen LogP contribution in [0.4, 0.5) is 34.0 Å². The number of nitrogens with zero attached hydrogens (tertiary/aromatic N) is 3. The highest BCUT2D eigenvalue weighted by Crippen LogP contribution is 2.46. The van der Waals surface area contributed by atoms with Gasteiger partial charge in [-0.1, -0.05) is 36.4 Å². The number of carbonyl (C=O) groups is 3. The molecule has 0 fully saturated rings. The third-order valence-electron chi connectivity index (χ3n) is 5.87. The fourth-order valence-corrected chi connectivity index (χ4v) is 4.03. The number of aromatic amines is 1. The van der Waals surface area contributed by atoms with Crippen molar-refractivity contribution in [1.82, 2.24) is 9.97 Å². The number of anilines is 2. The summed E-state index contributed by atoms with van der Waals surface area (Å²) in [6.45, 7) is 0. The van der Waals surface area contributed by atoms with Crippen molar-refractivity contribution < 1.29 is 47.3 Å². The molecule has 0 spiro atoms. The van der Waals surface area contributed by atoms with Gasteiger partial charge in [-0.3, -0.25) is 14.6 Å². The van der Waals surface area contributed by atoms with E-state index in [9.17, 15) is 37.4 Å². The number of benzene rings is 3. The maximum Gasteiger partial charge on any atom is 0.490 e. The lowest BCUT2D eigenvalue weighted by molar-refractivity contribution is -0.192. The number of hydrogen-bond acceptors (Lipinski definition) is 5. The molecular formula is C25H18F4N4O6. The molecule has 0 aliphatic carbocycles. The fraction of sp³-hybridized carbons (Fsp3) is 0.120. The van der Waals surface area contributed by atoms with Crippen molar-refractivity contribution in [2.45, 2.75) is 11.9 Å². The molecule has 4 N–H and O–H groups in total. The number of rotatable bonds is 3. The van der Waals surface area contributed by atoms with E-state index < -0.39 is 35.7 Å². The van der Waals surface area contributed by atoms with Gasteiger partial charge in [0, 0.05) is 23.7 Å². The molecule has 0 bridgehead atoms. The molecule has 2 heterocycles. The van der Waals surface area contributed by atoms with E-state index in [0.717, 1.165) is 9.80 Å². The summed E-state index contributed by atoms with van der Waals surface area (Å²) in [5.74, 6) is -3.85. The lowest BCUT2D eigenvalue weighted by Gasteiger charge is -2.35. The third-order valence-corrected chi connectivity index (χ3v) is 5.87. The van der Waals surface area contributed by atoms with Gasteiger partial charge in [0.1, 0.15) is 5.82 Å². The van der Waals surface area contributed by atoms with E-state index in [2.05, 4.69) is 9.97 Å². The number of hydrogen-bond donors (Lipinski definition) is 4. The highest BCUT2D eigenvalue weighted by atomic mass is 19.4. The van der Waals surface area contributed by atoms with Gasteiger partial charge in [-0.25, -0.2) is 19.0 Å². The normalized spacial score (nSPS) is 16.5. The van der Waals surface area contributed by atoms with Crippen LogP contribution in [0.15, 0.2) is 66.7 Å². The molecule has 1 unspecified atom stereocenters. The van der Waals surface area contributed by atoms with Crippen LogP contribution in [0.2, 0.25) is 0 Å². The van der Waals surface area contributed by atoms with Crippen LogP contribution in [0.1, 0.15) is 21.5 Å². The Morgan fingerprint density at radius 3 is 2.26 bits per heavy atom. The Morgan fingerprint density at radius 2 is 1.64 bits per heavy atom. The summed E-state index contributed by atoms with van der Waals surface area (Å²) >= 11 is 0. The van der Waals surface area contributed by atoms with Crippen LogP contribution < -0.4 is 9.80 Å². The smallest absolute Gasteiger partial charge is 0.475 e. The van der Waals surface area contributed by atoms with Gasteiger partial charge >= 0.3 is 18.2 Å². The maximum absolute atomic E-state index is 14.7. The van der Waals surface area contributed by atoms with E-state index in [4.69, 9.17) is 9.90 Å². The van der Waals surface area contributed by atoms with Crippen molar-refractivity contribution >= 4 is 40.6 Å². The lowest BCUT2D eigenvalue weighted by atomic mass is 9.93. The molecule has 1 aromatic heterocycles. The number of carboxylic acid groups (broad SMARTS) is 2. The summed E-state index contributed by atoms with van der Waals surface area (Å²) in [6, 6.07) is 17.1. The average molecular weight is 546 g/mol. The van der Waals surface area contributed by atoms with Crippen LogP contribution in [-0.4, -0.2) is 56.5 Å². The van der Waals surface area contributed by atoms with E-state index in [1.54, 1.807) is 48.5 Å². The highest BCUT2D eigenvalue weighted by Gasteiger charge is 2.51. The number of amides is 2. The van der Waals surface area contributed by atoms with Gasteiger partial charge in [-0.05, 0) is 30.3 Å². The van der Waals surface area contributed by atoms with Crippen molar-refractivity contribution in [1.29, 1.82) is 0 Å². The first kappa shape index (κ1) is 27.1. The standard InChI is InChI=1S/C23H17FN4O4.C2HF3O2/c1-27(22(30)31)21-25-17-11-10-13(12-18(17)26-21)23(32)15-7-3-2-6-14(15)20(29)28(23)19-9-5-4-8-16(19)24;3-2(4,5)1(6)7/h2-12,32H,1H3,(H,25,26)(H,30,31);(H,6,7). The Morgan fingerprint density at radius 1 is 1.03 bits per heavy atom. The van der Waals surface area contributed by atoms with Gasteiger partial charge in [0.15, 0.2) is 5.72 Å². The minimum Gasteiger partial charge on any atom is -0.475 e. The zero-order valence-electron chi connectivity index (χ0n) is 19.8. The number of carbonyl (C=O) groups excluding carboxylic acids is 1. The Labute approximate surface area is 216 Å². The zero-order valence-corrected chi connectivity index (χ0v) is 19.8. The lowest BCUT2D eigenvalue weighted by Crippen LogP contribution is -2.45. The number of halogens is 4. The molecule has 3 aromatic carbocycles. The molecule has 1 aliphatic rings. The number of fused-ring (bicyclic) bond motifs is 2. The van der Waals surface area contributed by atoms with Gasteiger partial charge in [0.05, 0.1) is 16.7 Å². The number of H-pyrrole nitrogens is 1. The Balaban J connectivity index is 0.000000448. The average Bonchev–Trinajstić information content (AvgIpc) is 3.41. The minimum absolute atomic E-state index is 0.0628. The first-order valence-electron chi connectivity index (χ1n) is 10.9.